The number of hydrogen-bond donors (Lipinski definition) is 1. The van der Waals surface area contributed by atoms with Crippen molar-refractivity contribution < 1.29 is 9.90 Å². The standard InChI is InChI=1S/C11H9ClN2O2/c12-9-2-1-7(4-13)10(3-9)14-5-8(6-14)11(15)16/h1-3,8H,5-6H2,(H,15,16). The summed E-state index contributed by atoms with van der Waals surface area (Å²) in [7, 11) is 0. The molecule has 0 spiro atoms. The zero-order valence-electron chi connectivity index (χ0n) is 8.35. The van der Waals surface area contributed by atoms with Crippen LogP contribution in [-0.2, 0) is 4.79 Å². The maximum Gasteiger partial charge on any atom is 0.310 e. The van der Waals surface area contributed by atoms with E-state index >= 15 is 0 Å². The van der Waals surface area contributed by atoms with Crippen LogP contribution in [-0.4, -0.2) is 24.2 Å². The third-order valence-corrected chi connectivity index (χ3v) is 2.89. The van der Waals surface area contributed by atoms with Gasteiger partial charge in [0.1, 0.15) is 6.07 Å². The Morgan fingerprint density at radius 1 is 1.56 bits per heavy atom. The number of carbonyl (C=O) groups is 1. The highest BCUT2D eigenvalue weighted by Crippen LogP contribution is 2.30. The molecule has 5 heteroatoms. The lowest BCUT2D eigenvalue weighted by molar-refractivity contribution is -0.142. The Hall–Kier alpha value is -1.73. The Balaban J connectivity index is 2.20. The molecule has 1 heterocycles. The van der Waals surface area contributed by atoms with Gasteiger partial charge in [-0.1, -0.05) is 11.6 Å². The first kappa shape index (κ1) is 10.8. The van der Waals surface area contributed by atoms with Crippen LogP contribution >= 0.6 is 11.6 Å². The van der Waals surface area contributed by atoms with Crippen molar-refractivity contribution in [1.82, 2.24) is 0 Å². The zero-order valence-corrected chi connectivity index (χ0v) is 9.11. The fraction of sp³-hybridized carbons (Fsp3) is 0.273. The summed E-state index contributed by atoms with van der Waals surface area (Å²) in [5, 5.41) is 18.2. The first-order valence-corrected chi connectivity index (χ1v) is 5.17. The number of benzene rings is 1. The summed E-state index contributed by atoms with van der Waals surface area (Å²) >= 11 is 5.85. The Labute approximate surface area is 97.7 Å². The van der Waals surface area contributed by atoms with E-state index in [0.717, 1.165) is 0 Å². The van der Waals surface area contributed by atoms with Gasteiger partial charge in [0.05, 0.1) is 17.2 Å². The van der Waals surface area contributed by atoms with E-state index in [1.807, 2.05) is 4.90 Å². The second kappa shape index (κ2) is 4.03. The predicted molar refractivity (Wildman–Crippen MR) is 59.5 cm³/mol. The molecule has 1 N–H and O–H groups in total. The molecule has 1 saturated heterocycles. The maximum atomic E-state index is 10.7. The first-order chi connectivity index (χ1) is 7.61. The lowest BCUT2D eigenvalue weighted by Crippen LogP contribution is -2.50. The zero-order chi connectivity index (χ0) is 11.7. The minimum atomic E-state index is -0.795. The van der Waals surface area contributed by atoms with Gasteiger partial charge < -0.3 is 10.0 Å². The highest BCUT2D eigenvalue weighted by atomic mass is 35.5. The van der Waals surface area contributed by atoms with Crippen molar-refractivity contribution in [1.29, 1.82) is 5.26 Å². The highest BCUT2D eigenvalue weighted by molar-refractivity contribution is 6.30. The fourth-order valence-corrected chi connectivity index (χ4v) is 1.86. The molecule has 0 aliphatic carbocycles. The van der Waals surface area contributed by atoms with Crippen LogP contribution in [0.1, 0.15) is 5.56 Å². The lowest BCUT2D eigenvalue weighted by atomic mass is 9.98. The van der Waals surface area contributed by atoms with E-state index in [1.165, 1.54) is 0 Å². The summed E-state index contributed by atoms with van der Waals surface area (Å²) in [5.41, 5.74) is 1.24. The van der Waals surface area contributed by atoms with E-state index in [-0.39, 0.29) is 5.92 Å². The molecule has 0 radical (unpaired) electrons. The van der Waals surface area contributed by atoms with Crippen molar-refractivity contribution in [2.24, 2.45) is 5.92 Å². The summed E-state index contributed by atoms with van der Waals surface area (Å²) in [6, 6.07) is 7.06. The normalized spacial score (nSPS) is 15.4. The molecule has 16 heavy (non-hydrogen) atoms. The summed E-state index contributed by atoms with van der Waals surface area (Å²) in [6.07, 6.45) is 0. The van der Waals surface area contributed by atoms with Crippen LogP contribution in [0.2, 0.25) is 5.02 Å². The number of carboxylic acid groups (broad SMARTS) is 1. The molecule has 0 bridgehead atoms. The van der Waals surface area contributed by atoms with E-state index in [0.29, 0.717) is 29.4 Å². The third-order valence-electron chi connectivity index (χ3n) is 2.65. The average Bonchev–Trinajstić information content (AvgIpc) is 2.15. The largest absolute Gasteiger partial charge is 0.481 e. The van der Waals surface area contributed by atoms with Crippen LogP contribution in [0.15, 0.2) is 18.2 Å². The van der Waals surface area contributed by atoms with Gasteiger partial charge in [0.15, 0.2) is 0 Å². The van der Waals surface area contributed by atoms with Gasteiger partial charge in [-0.15, -0.1) is 0 Å². The topological polar surface area (TPSA) is 64.3 Å². The Morgan fingerprint density at radius 3 is 2.81 bits per heavy atom. The van der Waals surface area contributed by atoms with Crippen molar-refractivity contribution in [3.05, 3.63) is 28.8 Å². The van der Waals surface area contributed by atoms with Crippen molar-refractivity contribution in [2.45, 2.75) is 0 Å². The van der Waals surface area contributed by atoms with Crippen molar-refractivity contribution >= 4 is 23.3 Å². The Bertz CT molecular complexity index is 475. The number of rotatable bonds is 2. The molecule has 0 amide bonds. The highest BCUT2D eigenvalue weighted by Gasteiger charge is 2.33. The first-order valence-electron chi connectivity index (χ1n) is 4.79. The predicted octanol–water partition coefficient (Wildman–Crippen LogP) is 1.73. The number of halogens is 1. The van der Waals surface area contributed by atoms with E-state index in [9.17, 15) is 4.79 Å². The molecule has 1 aliphatic heterocycles. The SMILES string of the molecule is N#Cc1ccc(Cl)cc1N1CC(C(=O)O)C1. The van der Waals surface area contributed by atoms with Gasteiger partial charge >= 0.3 is 5.97 Å². The molecule has 4 nitrogen and oxygen atoms in total. The molecule has 82 valence electrons. The molecule has 1 aliphatic rings. The molecule has 1 fully saturated rings. The second-order valence-electron chi connectivity index (χ2n) is 3.71. The minimum absolute atomic E-state index is 0.342. The quantitative estimate of drug-likeness (QED) is 0.850. The number of anilines is 1. The van der Waals surface area contributed by atoms with Crippen molar-refractivity contribution in [2.75, 3.05) is 18.0 Å². The van der Waals surface area contributed by atoms with Gasteiger partial charge in [0.25, 0.3) is 0 Å². The van der Waals surface area contributed by atoms with Crippen molar-refractivity contribution in [3.63, 3.8) is 0 Å². The minimum Gasteiger partial charge on any atom is -0.481 e. The van der Waals surface area contributed by atoms with Gasteiger partial charge in [0, 0.05) is 18.1 Å². The molecule has 1 aromatic rings. The maximum absolute atomic E-state index is 10.7. The Morgan fingerprint density at radius 2 is 2.25 bits per heavy atom. The van der Waals surface area contributed by atoms with Crippen LogP contribution in [0.5, 0.6) is 0 Å². The molecule has 1 aromatic carbocycles. The lowest BCUT2D eigenvalue weighted by Gasteiger charge is -2.39. The second-order valence-corrected chi connectivity index (χ2v) is 4.15. The molecule has 2 rings (SSSR count). The third kappa shape index (κ3) is 1.82. The number of carboxylic acids is 1. The van der Waals surface area contributed by atoms with Gasteiger partial charge in [-0.25, -0.2) is 0 Å². The number of aliphatic carboxylic acids is 1. The van der Waals surface area contributed by atoms with Crippen molar-refractivity contribution in [3.8, 4) is 6.07 Å². The summed E-state index contributed by atoms with van der Waals surface area (Å²) < 4.78 is 0. The fourth-order valence-electron chi connectivity index (χ4n) is 1.69. The van der Waals surface area contributed by atoms with E-state index < -0.39 is 5.97 Å². The molecule has 0 unspecified atom stereocenters. The van der Waals surface area contributed by atoms with Crippen LogP contribution in [0.3, 0.4) is 0 Å². The number of nitriles is 1. The Kier molecular flexibility index (Phi) is 2.71. The molecular weight excluding hydrogens is 228 g/mol. The van der Waals surface area contributed by atoms with Gasteiger partial charge in [-0.05, 0) is 18.2 Å². The van der Waals surface area contributed by atoms with Crippen LogP contribution in [0.25, 0.3) is 0 Å². The van der Waals surface area contributed by atoms with Crippen LogP contribution in [0, 0.1) is 17.2 Å². The summed E-state index contributed by atoms with van der Waals surface area (Å²) in [5.74, 6) is -1.14. The summed E-state index contributed by atoms with van der Waals surface area (Å²) in [6.45, 7) is 0.870. The van der Waals surface area contributed by atoms with Gasteiger partial charge in [-0.3, -0.25) is 4.79 Å². The molecule has 0 aromatic heterocycles. The van der Waals surface area contributed by atoms with Crippen LogP contribution < -0.4 is 4.90 Å². The van der Waals surface area contributed by atoms with Gasteiger partial charge in [0.2, 0.25) is 0 Å². The monoisotopic (exact) mass is 236 g/mol. The number of hydrogen-bond acceptors (Lipinski definition) is 3. The number of nitrogens with zero attached hydrogens (tertiary/aromatic N) is 2. The molecule has 0 atom stereocenters. The smallest absolute Gasteiger partial charge is 0.310 e. The van der Waals surface area contributed by atoms with E-state index in [4.69, 9.17) is 22.0 Å². The van der Waals surface area contributed by atoms with E-state index in [1.54, 1.807) is 18.2 Å². The molecule has 0 saturated carbocycles. The van der Waals surface area contributed by atoms with Gasteiger partial charge in [-0.2, -0.15) is 5.26 Å². The molecular formula is C11H9ClN2O2. The summed E-state index contributed by atoms with van der Waals surface area (Å²) in [4.78, 5) is 12.5. The van der Waals surface area contributed by atoms with Crippen LogP contribution in [0.4, 0.5) is 5.69 Å². The van der Waals surface area contributed by atoms with E-state index in [2.05, 4.69) is 6.07 Å². The average molecular weight is 237 g/mol.